The first-order chi connectivity index (χ1) is 18.7. The number of hydrogen-bond acceptors (Lipinski definition) is 6. The van der Waals surface area contributed by atoms with Gasteiger partial charge in [0, 0.05) is 35.5 Å². The summed E-state index contributed by atoms with van der Waals surface area (Å²) in [4.78, 5) is 14.2. The molecule has 2 N–H and O–H groups in total. The van der Waals surface area contributed by atoms with Crippen molar-refractivity contribution in [2.75, 3.05) is 45.2 Å². The number of hydrogen-bond donors (Lipinski definition) is 2. The third-order valence-corrected chi connectivity index (χ3v) is 9.14. The van der Waals surface area contributed by atoms with Gasteiger partial charge in [-0.3, -0.25) is 0 Å². The van der Waals surface area contributed by atoms with E-state index >= 15 is 4.39 Å². The first-order valence-corrected chi connectivity index (χ1v) is 14.0. The van der Waals surface area contributed by atoms with Gasteiger partial charge < -0.3 is 20.2 Å². The second kappa shape index (κ2) is 9.88. The molecule has 8 heteroatoms. The Labute approximate surface area is 234 Å². The fraction of sp³-hybridized carbons (Fsp3) is 0.419. The van der Waals surface area contributed by atoms with Crippen molar-refractivity contribution >= 4 is 40.1 Å². The Balaban J connectivity index is 1.45. The van der Waals surface area contributed by atoms with Crippen molar-refractivity contribution in [2.45, 2.75) is 38.1 Å². The van der Waals surface area contributed by atoms with E-state index in [1.807, 2.05) is 37.3 Å². The zero-order valence-electron chi connectivity index (χ0n) is 22.9. The van der Waals surface area contributed by atoms with Gasteiger partial charge in [0.25, 0.3) is 0 Å². The van der Waals surface area contributed by atoms with Crippen molar-refractivity contribution < 1.29 is 9.50 Å². The summed E-state index contributed by atoms with van der Waals surface area (Å²) in [6, 6.07) is 10.0. The van der Waals surface area contributed by atoms with Gasteiger partial charge in [0.05, 0.1) is 10.7 Å². The maximum Gasteiger partial charge on any atom is 0.226 e. The Hall–Kier alpha value is -3.00. The van der Waals surface area contributed by atoms with Crippen molar-refractivity contribution in [1.82, 2.24) is 20.2 Å². The average Bonchev–Trinajstić information content (AvgIpc) is 3.60. The van der Waals surface area contributed by atoms with E-state index in [9.17, 15) is 5.11 Å². The molecule has 0 spiro atoms. The molecule has 2 saturated heterocycles. The van der Waals surface area contributed by atoms with E-state index in [1.54, 1.807) is 19.1 Å². The highest BCUT2D eigenvalue weighted by Crippen LogP contribution is 2.59. The lowest BCUT2D eigenvalue weighted by molar-refractivity contribution is 0.245. The van der Waals surface area contributed by atoms with Gasteiger partial charge in [0.1, 0.15) is 11.3 Å². The molecular formula is C31H35ClFN5O. The number of aryl methyl sites for hydroxylation is 1. The monoisotopic (exact) mass is 547 g/mol. The summed E-state index contributed by atoms with van der Waals surface area (Å²) in [5.41, 5.74) is 3.91. The van der Waals surface area contributed by atoms with Crippen LogP contribution in [0.5, 0.6) is 0 Å². The average molecular weight is 548 g/mol. The molecule has 39 heavy (non-hydrogen) atoms. The highest BCUT2D eigenvalue weighted by Gasteiger charge is 2.58. The van der Waals surface area contributed by atoms with E-state index in [1.165, 1.54) is 0 Å². The van der Waals surface area contributed by atoms with Gasteiger partial charge >= 0.3 is 0 Å². The number of rotatable bonds is 6. The van der Waals surface area contributed by atoms with Gasteiger partial charge in [0.2, 0.25) is 5.95 Å². The number of fused-ring (bicyclic) bond motifs is 2. The van der Waals surface area contributed by atoms with Crippen LogP contribution in [0.4, 0.5) is 10.3 Å². The molecule has 0 radical (unpaired) electrons. The lowest BCUT2D eigenvalue weighted by Gasteiger charge is -2.43. The molecule has 204 valence electrons. The maximum atomic E-state index is 16.4. The van der Waals surface area contributed by atoms with Crippen LogP contribution in [0.25, 0.3) is 22.6 Å². The molecule has 3 aromatic rings. The zero-order valence-corrected chi connectivity index (χ0v) is 23.7. The minimum atomic E-state index is -0.466. The highest BCUT2D eigenvalue weighted by atomic mass is 35.5. The summed E-state index contributed by atoms with van der Waals surface area (Å²) < 4.78 is 16.4. The van der Waals surface area contributed by atoms with Gasteiger partial charge in [-0.1, -0.05) is 35.9 Å². The van der Waals surface area contributed by atoms with Crippen molar-refractivity contribution in [2.24, 2.45) is 5.92 Å². The molecule has 6 nitrogen and oxygen atoms in total. The molecule has 1 aromatic heterocycles. The predicted molar refractivity (Wildman–Crippen MR) is 157 cm³/mol. The molecular weight excluding hydrogens is 513 g/mol. The van der Waals surface area contributed by atoms with Gasteiger partial charge in [-0.2, -0.15) is 0 Å². The van der Waals surface area contributed by atoms with Gasteiger partial charge in [-0.05, 0) is 94.7 Å². The predicted octanol–water partition coefficient (Wildman–Crippen LogP) is 5.73. The molecule has 1 aliphatic carbocycles. The second-order valence-electron chi connectivity index (χ2n) is 11.6. The van der Waals surface area contributed by atoms with Crippen LogP contribution >= 0.6 is 11.6 Å². The highest BCUT2D eigenvalue weighted by molar-refractivity contribution is 6.33. The van der Waals surface area contributed by atoms with E-state index < -0.39 is 5.82 Å². The van der Waals surface area contributed by atoms with E-state index in [2.05, 4.69) is 29.2 Å². The summed E-state index contributed by atoms with van der Waals surface area (Å²) in [5.74, 6) is 0.651. The first kappa shape index (κ1) is 26.2. The van der Waals surface area contributed by atoms with Crippen LogP contribution in [0, 0.1) is 18.7 Å². The van der Waals surface area contributed by atoms with Gasteiger partial charge in [-0.15, -0.1) is 0 Å². The van der Waals surface area contributed by atoms with Gasteiger partial charge in [-0.25, -0.2) is 14.4 Å². The number of benzene rings is 2. The van der Waals surface area contributed by atoms with Crippen molar-refractivity contribution in [3.63, 3.8) is 0 Å². The van der Waals surface area contributed by atoms with E-state index in [0.29, 0.717) is 39.4 Å². The molecule has 0 amide bonds. The third kappa shape index (κ3) is 4.60. The van der Waals surface area contributed by atoms with Crippen LogP contribution in [-0.2, 0) is 5.41 Å². The number of allylic oxidation sites excluding steroid dienone is 2. The van der Waals surface area contributed by atoms with Crippen LogP contribution in [0.15, 0.2) is 42.2 Å². The number of halogens is 2. The van der Waals surface area contributed by atoms with Crippen molar-refractivity contribution in [1.29, 1.82) is 0 Å². The molecule has 3 aliphatic rings. The third-order valence-electron chi connectivity index (χ3n) is 8.84. The van der Waals surface area contributed by atoms with E-state index in [0.717, 1.165) is 55.8 Å². The van der Waals surface area contributed by atoms with Crippen LogP contribution < -0.4 is 10.2 Å². The number of likely N-dealkylation sites (N-methyl/N-ethyl adjacent to an activating group) is 1. The minimum absolute atomic E-state index is 0.0335. The minimum Gasteiger partial charge on any atom is -0.508 e. The standard InChI is InChI=1S/C31H35ClFN5O/c1-18-7-5-6-8-20(18)12-23(39)11-19(2)26-25(32)13-24-28(27(26)33)35-30(38-16-22(17-38)37(3)4)36-29(24)31-9-10-34-15-21(31)14-31/h5-8,11-13,21-22,34,39H,9-10,14-17H2,1-4H3/b19-11+,23-12+. The van der Waals surface area contributed by atoms with Crippen LogP contribution in [0.1, 0.15) is 42.1 Å². The molecule has 2 unspecified atom stereocenters. The molecule has 2 atom stereocenters. The summed E-state index contributed by atoms with van der Waals surface area (Å²) >= 11 is 6.77. The van der Waals surface area contributed by atoms with Gasteiger partial charge in [0.15, 0.2) is 5.82 Å². The summed E-state index contributed by atoms with van der Waals surface area (Å²) in [6.07, 6.45) is 5.26. The molecule has 6 rings (SSSR count). The molecule has 1 saturated carbocycles. The van der Waals surface area contributed by atoms with E-state index in [-0.39, 0.29) is 16.7 Å². The quantitative estimate of drug-likeness (QED) is 0.303. The molecule has 3 fully saturated rings. The Morgan fingerprint density at radius 1 is 1.26 bits per heavy atom. The number of aromatic nitrogens is 2. The number of piperidine rings is 1. The number of nitrogens with zero attached hydrogens (tertiary/aromatic N) is 4. The fourth-order valence-corrected chi connectivity index (χ4v) is 6.55. The summed E-state index contributed by atoms with van der Waals surface area (Å²) in [6.45, 7) is 7.25. The van der Waals surface area contributed by atoms with Crippen molar-refractivity contribution in [3.05, 3.63) is 75.4 Å². The maximum absolute atomic E-state index is 16.4. The lowest BCUT2D eigenvalue weighted by Crippen LogP contribution is -2.58. The fourth-order valence-electron chi connectivity index (χ4n) is 6.21. The number of aliphatic hydroxyl groups excluding tert-OH is 1. The second-order valence-corrected chi connectivity index (χ2v) is 12.0. The van der Waals surface area contributed by atoms with Crippen LogP contribution in [-0.4, -0.2) is 66.3 Å². The topological polar surface area (TPSA) is 64.5 Å². The number of nitrogens with one attached hydrogen (secondary N) is 1. The summed E-state index contributed by atoms with van der Waals surface area (Å²) in [7, 11) is 4.15. The molecule has 3 heterocycles. The number of aliphatic hydroxyl groups is 1. The Morgan fingerprint density at radius 2 is 2.03 bits per heavy atom. The first-order valence-electron chi connectivity index (χ1n) is 13.6. The Bertz CT molecular complexity index is 1510. The molecule has 2 aromatic carbocycles. The Kier molecular flexibility index (Phi) is 6.64. The molecule has 2 aliphatic heterocycles. The largest absolute Gasteiger partial charge is 0.508 e. The van der Waals surface area contributed by atoms with Crippen LogP contribution in [0.2, 0.25) is 5.02 Å². The SMILES string of the molecule is C/C(=C\C(O)=C/c1ccccc1C)c1c(Cl)cc2c(C34CCNCC3C4)nc(N3CC(N(C)C)C3)nc2c1F. The summed E-state index contributed by atoms with van der Waals surface area (Å²) in [5, 5.41) is 15.2. The smallest absolute Gasteiger partial charge is 0.226 e. The van der Waals surface area contributed by atoms with E-state index in [4.69, 9.17) is 21.6 Å². The van der Waals surface area contributed by atoms with Crippen molar-refractivity contribution in [3.8, 4) is 0 Å². The number of anilines is 1. The normalized spacial score (nSPS) is 23.8. The zero-order chi connectivity index (χ0) is 27.5. The molecule has 0 bridgehead atoms. The van der Waals surface area contributed by atoms with Crippen LogP contribution in [0.3, 0.4) is 0 Å². The Morgan fingerprint density at radius 3 is 2.74 bits per heavy atom. The lowest BCUT2D eigenvalue weighted by atomic mass is 9.89.